The maximum atomic E-state index is 10.8. The number of rotatable bonds is 1. The summed E-state index contributed by atoms with van der Waals surface area (Å²) in [4.78, 5) is 10.8. The zero-order valence-electron chi connectivity index (χ0n) is 5.76. The smallest absolute Gasteiger partial charge is 0.343 e. The first-order chi connectivity index (χ1) is 4.84. The molecule has 0 aromatic carbocycles. The maximum absolute atomic E-state index is 10.8. The van der Waals surface area contributed by atoms with Crippen LogP contribution in [-0.2, 0) is 9.53 Å². The lowest BCUT2D eigenvalue weighted by molar-refractivity contribution is -0.143. The normalized spacial score (nSPS) is 23.5. The molecule has 0 aromatic heterocycles. The van der Waals surface area contributed by atoms with Crippen molar-refractivity contribution in [1.29, 1.82) is 0 Å². The molecule has 2 N–H and O–H groups in total. The van der Waals surface area contributed by atoms with Gasteiger partial charge in [-0.1, -0.05) is 6.08 Å². The van der Waals surface area contributed by atoms with Crippen LogP contribution in [0.3, 0.4) is 0 Å². The third-order valence-electron chi connectivity index (χ3n) is 1.26. The standard InChI is InChI=1S/C6H10N2O2/c1-10-6(9)5-7-3-2-4-8-5/h2-3,5,7-8H,4H2,1H3. The molecule has 0 saturated carbocycles. The second-order valence-corrected chi connectivity index (χ2v) is 1.93. The molecule has 10 heavy (non-hydrogen) atoms. The van der Waals surface area contributed by atoms with Crippen molar-refractivity contribution in [1.82, 2.24) is 10.6 Å². The van der Waals surface area contributed by atoms with E-state index in [1.807, 2.05) is 6.08 Å². The van der Waals surface area contributed by atoms with Crippen LogP contribution in [0.1, 0.15) is 0 Å². The first kappa shape index (κ1) is 7.08. The molecule has 56 valence electrons. The van der Waals surface area contributed by atoms with E-state index in [0.29, 0.717) is 6.54 Å². The Morgan fingerprint density at radius 2 is 2.60 bits per heavy atom. The summed E-state index contributed by atoms with van der Waals surface area (Å²) in [5.41, 5.74) is 0. The van der Waals surface area contributed by atoms with E-state index in [4.69, 9.17) is 0 Å². The van der Waals surface area contributed by atoms with Crippen molar-refractivity contribution in [3.05, 3.63) is 12.3 Å². The molecule has 0 amide bonds. The minimum Gasteiger partial charge on any atom is -0.466 e. The van der Waals surface area contributed by atoms with Gasteiger partial charge in [0.2, 0.25) is 0 Å². The molecule has 4 nitrogen and oxygen atoms in total. The predicted octanol–water partition coefficient (Wildman–Crippen LogP) is -0.808. The van der Waals surface area contributed by atoms with Crippen molar-refractivity contribution in [2.75, 3.05) is 13.7 Å². The van der Waals surface area contributed by atoms with Crippen LogP contribution in [-0.4, -0.2) is 25.8 Å². The predicted molar refractivity (Wildman–Crippen MR) is 36.1 cm³/mol. The Morgan fingerprint density at radius 3 is 3.10 bits per heavy atom. The van der Waals surface area contributed by atoms with Crippen molar-refractivity contribution >= 4 is 5.97 Å². The number of hydrogen-bond acceptors (Lipinski definition) is 4. The number of nitrogens with one attached hydrogen (secondary N) is 2. The highest BCUT2D eigenvalue weighted by Crippen LogP contribution is 1.87. The Balaban J connectivity index is 2.41. The van der Waals surface area contributed by atoms with Crippen molar-refractivity contribution < 1.29 is 9.53 Å². The van der Waals surface area contributed by atoms with Gasteiger partial charge in [0.1, 0.15) is 0 Å². The van der Waals surface area contributed by atoms with Crippen LogP contribution in [0.25, 0.3) is 0 Å². The van der Waals surface area contributed by atoms with Gasteiger partial charge in [-0.3, -0.25) is 5.32 Å². The third kappa shape index (κ3) is 1.48. The van der Waals surface area contributed by atoms with Gasteiger partial charge in [-0.15, -0.1) is 0 Å². The van der Waals surface area contributed by atoms with Crippen molar-refractivity contribution in [2.24, 2.45) is 0 Å². The van der Waals surface area contributed by atoms with Gasteiger partial charge >= 0.3 is 5.97 Å². The summed E-state index contributed by atoms with van der Waals surface area (Å²) in [5.74, 6) is -0.288. The lowest BCUT2D eigenvalue weighted by atomic mass is 10.4. The molecule has 1 unspecified atom stereocenters. The van der Waals surface area contributed by atoms with E-state index in [9.17, 15) is 4.79 Å². The monoisotopic (exact) mass is 142 g/mol. The Hall–Kier alpha value is -1.03. The van der Waals surface area contributed by atoms with Gasteiger partial charge in [0.15, 0.2) is 6.17 Å². The van der Waals surface area contributed by atoms with Gasteiger partial charge in [-0.05, 0) is 6.20 Å². The highest BCUT2D eigenvalue weighted by molar-refractivity contribution is 5.75. The van der Waals surface area contributed by atoms with Crippen molar-refractivity contribution in [3.63, 3.8) is 0 Å². The van der Waals surface area contributed by atoms with Gasteiger partial charge in [0.05, 0.1) is 7.11 Å². The number of carbonyl (C=O) groups excluding carboxylic acids is 1. The Labute approximate surface area is 59.2 Å². The topological polar surface area (TPSA) is 50.4 Å². The molecule has 0 spiro atoms. The summed E-state index contributed by atoms with van der Waals surface area (Å²) < 4.78 is 4.49. The van der Waals surface area contributed by atoms with Gasteiger partial charge in [0, 0.05) is 6.54 Å². The lowest BCUT2D eigenvalue weighted by Gasteiger charge is -2.18. The maximum Gasteiger partial charge on any atom is 0.343 e. The number of carbonyl (C=O) groups is 1. The SMILES string of the molecule is COC(=O)C1NC=CCN1. The summed E-state index contributed by atoms with van der Waals surface area (Å²) >= 11 is 0. The van der Waals surface area contributed by atoms with Gasteiger partial charge in [0.25, 0.3) is 0 Å². The average molecular weight is 142 g/mol. The minimum absolute atomic E-state index is 0.288. The van der Waals surface area contributed by atoms with Crippen LogP contribution >= 0.6 is 0 Å². The van der Waals surface area contributed by atoms with Crippen LogP contribution in [0.2, 0.25) is 0 Å². The van der Waals surface area contributed by atoms with Crippen LogP contribution in [0.4, 0.5) is 0 Å². The van der Waals surface area contributed by atoms with Crippen molar-refractivity contribution in [3.8, 4) is 0 Å². The van der Waals surface area contributed by atoms with Gasteiger partial charge in [-0.2, -0.15) is 0 Å². The molecule has 4 heteroatoms. The first-order valence-corrected chi connectivity index (χ1v) is 3.07. The fourth-order valence-electron chi connectivity index (χ4n) is 0.737. The van der Waals surface area contributed by atoms with Crippen molar-refractivity contribution in [2.45, 2.75) is 6.17 Å². The number of methoxy groups -OCH3 is 1. The van der Waals surface area contributed by atoms with Crippen LogP contribution in [0.15, 0.2) is 12.3 Å². The highest BCUT2D eigenvalue weighted by atomic mass is 16.5. The molecule has 0 fully saturated rings. The molecular weight excluding hydrogens is 132 g/mol. The Morgan fingerprint density at radius 1 is 1.80 bits per heavy atom. The molecular formula is C6H10N2O2. The van der Waals surface area contributed by atoms with Gasteiger partial charge < -0.3 is 10.1 Å². The molecule has 0 bridgehead atoms. The van der Waals surface area contributed by atoms with E-state index < -0.39 is 0 Å². The average Bonchev–Trinajstić information content (AvgIpc) is 2.05. The van der Waals surface area contributed by atoms with Crippen LogP contribution < -0.4 is 10.6 Å². The van der Waals surface area contributed by atoms with E-state index in [2.05, 4.69) is 15.4 Å². The Kier molecular flexibility index (Phi) is 2.28. The highest BCUT2D eigenvalue weighted by Gasteiger charge is 2.16. The zero-order chi connectivity index (χ0) is 7.40. The van der Waals surface area contributed by atoms with E-state index >= 15 is 0 Å². The molecule has 1 heterocycles. The summed E-state index contributed by atoms with van der Waals surface area (Å²) in [6.07, 6.45) is 3.24. The summed E-state index contributed by atoms with van der Waals surface area (Å²) in [6, 6.07) is 0. The zero-order valence-corrected chi connectivity index (χ0v) is 5.76. The molecule has 0 saturated heterocycles. The second-order valence-electron chi connectivity index (χ2n) is 1.93. The second kappa shape index (κ2) is 3.22. The Bertz CT molecular complexity index is 156. The molecule has 1 rings (SSSR count). The van der Waals surface area contributed by atoms with Crippen LogP contribution in [0.5, 0.6) is 0 Å². The largest absolute Gasteiger partial charge is 0.466 e. The molecule has 0 aromatic rings. The van der Waals surface area contributed by atoms with E-state index in [1.165, 1.54) is 7.11 Å². The van der Waals surface area contributed by atoms with Crippen LogP contribution in [0, 0.1) is 0 Å². The quantitative estimate of drug-likeness (QED) is 0.470. The molecule has 1 aliphatic rings. The number of ether oxygens (including phenoxy) is 1. The van der Waals surface area contributed by atoms with E-state index in [-0.39, 0.29) is 12.1 Å². The fourth-order valence-corrected chi connectivity index (χ4v) is 0.737. The summed E-state index contributed by atoms with van der Waals surface area (Å²) in [7, 11) is 1.37. The fraction of sp³-hybridized carbons (Fsp3) is 0.500. The summed E-state index contributed by atoms with van der Waals surface area (Å²) in [6.45, 7) is 0.701. The molecule has 1 atom stereocenters. The molecule has 0 radical (unpaired) electrons. The third-order valence-corrected chi connectivity index (χ3v) is 1.26. The number of esters is 1. The van der Waals surface area contributed by atoms with E-state index in [1.54, 1.807) is 6.20 Å². The van der Waals surface area contributed by atoms with E-state index in [0.717, 1.165) is 0 Å². The lowest BCUT2D eigenvalue weighted by Crippen LogP contribution is -2.49. The number of hydrogen-bond donors (Lipinski definition) is 2. The molecule has 1 aliphatic heterocycles. The van der Waals surface area contributed by atoms with Gasteiger partial charge in [-0.25, -0.2) is 4.79 Å². The summed E-state index contributed by atoms with van der Waals surface area (Å²) in [5, 5.41) is 5.70. The molecule has 0 aliphatic carbocycles. The minimum atomic E-state index is -0.380. The first-order valence-electron chi connectivity index (χ1n) is 3.07.